The Kier molecular flexibility index (Phi) is 11.2. The van der Waals surface area contributed by atoms with E-state index in [1.165, 1.54) is 5.01 Å². The molecule has 2 aromatic heterocycles. The van der Waals surface area contributed by atoms with Crippen LogP contribution in [0.1, 0.15) is 17.0 Å². The van der Waals surface area contributed by atoms with Gasteiger partial charge in [0.1, 0.15) is 5.01 Å². The molecule has 4 heterocycles. The van der Waals surface area contributed by atoms with Gasteiger partial charge in [-0.05, 0) is 18.1 Å². The first-order chi connectivity index (χ1) is 17.3. The lowest BCUT2D eigenvalue weighted by Crippen LogP contribution is -2.49. The van der Waals surface area contributed by atoms with Crippen LogP contribution in [0.15, 0.2) is 36.1 Å². The molecule has 2 unspecified atom stereocenters. The summed E-state index contributed by atoms with van der Waals surface area (Å²) in [5.74, 6) is -5.51. The summed E-state index contributed by atoms with van der Waals surface area (Å²) in [6.45, 7) is 6.13. The fourth-order valence-corrected chi connectivity index (χ4v) is 4.20. The molecule has 2 aromatic rings. The number of ether oxygens (including phenoxy) is 1. The maximum absolute atomic E-state index is 10.6. The molecule has 0 bridgehead atoms. The smallest absolute Gasteiger partial charge is 0.475 e. The van der Waals surface area contributed by atoms with E-state index >= 15 is 0 Å². The van der Waals surface area contributed by atoms with E-state index in [1.807, 2.05) is 18.5 Å². The van der Waals surface area contributed by atoms with Crippen molar-refractivity contribution in [2.45, 2.75) is 44.1 Å². The summed E-state index contributed by atoms with van der Waals surface area (Å²) in [6, 6.07) is 4.67. The number of aromatic nitrogens is 2. The highest BCUT2D eigenvalue weighted by Gasteiger charge is 2.39. The van der Waals surface area contributed by atoms with Crippen molar-refractivity contribution in [2.75, 3.05) is 26.2 Å². The summed E-state index contributed by atoms with van der Waals surface area (Å²) in [5, 5.41) is 17.5. The van der Waals surface area contributed by atoms with E-state index in [4.69, 9.17) is 24.5 Å². The number of pyridine rings is 1. The topological polar surface area (TPSA) is 116 Å². The van der Waals surface area contributed by atoms with Crippen LogP contribution in [0.25, 0.3) is 0 Å². The maximum atomic E-state index is 10.6. The van der Waals surface area contributed by atoms with Gasteiger partial charge in [0, 0.05) is 56.2 Å². The Hall–Kier alpha value is -2.82. The molecule has 2 aliphatic rings. The SMILES string of the molecule is O=C(O)C(F)(F)F.O=C(O)C(F)(F)F.c1cncc(COC2CC3CN(Cc4nccs4)CCN3C2)c1. The molecule has 37 heavy (non-hydrogen) atoms. The van der Waals surface area contributed by atoms with Gasteiger partial charge in [-0.2, -0.15) is 26.3 Å². The molecule has 0 spiro atoms. The molecule has 0 saturated carbocycles. The number of fused-ring (bicyclic) bond motifs is 1. The largest absolute Gasteiger partial charge is 0.490 e. The number of carboxylic acids is 2. The number of carbonyl (C=O) groups is 2. The van der Waals surface area contributed by atoms with Crippen LogP contribution in [0.5, 0.6) is 0 Å². The summed E-state index contributed by atoms with van der Waals surface area (Å²) >= 11 is 1.75. The minimum atomic E-state index is -5.08. The fourth-order valence-electron chi connectivity index (χ4n) is 3.55. The molecule has 0 aliphatic carbocycles. The first kappa shape index (κ1) is 30.4. The van der Waals surface area contributed by atoms with Crippen LogP contribution in [0, 0.1) is 0 Å². The molecular weight excluding hydrogens is 534 g/mol. The van der Waals surface area contributed by atoms with Crippen molar-refractivity contribution in [3.8, 4) is 0 Å². The Morgan fingerprint density at radius 2 is 1.70 bits per heavy atom. The van der Waals surface area contributed by atoms with Gasteiger partial charge in [0.25, 0.3) is 0 Å². The van der Waals surface area contributed by atoms with Crippen molar-refractivity contribution in [3.63, 3.8) is 0 Å². The molecule has 9 nitrogen and oxygen atoms in total. The number of hydrogen-bond donors (Lipinski definition) is 2. The molecule has 206 valence electrons. The van der Waals surface area contributed by atoms with E-state index in [2.05, 4.69) is 31.2 Å². The van der Waals surface area contributed by atoms with Gasteiger partial charge in [-0.1, -0.05) is 6.07 Å². The number of alkyl halides is 6. The molecular formula is C21H24F6N4O5S. The van der Waals surface area contributed by atoms with Crippen LogP contribution in [0.2, 0.25) is 0 Å². The average Bonchev–Trinajstić information content (AvgIpc) is 3.47. The van der Waals surface area contributed by atoms with Gasteiger partial charge in [0.2, 0.25) is 0 Å². The van der Waals surface area contributed by atoms with Gasteiger partial charge < -0.3 is 14.9 Å². The molecule has 16 heteroatoms. The summed E-state index contributed by atoms with van der Waals surface area (Å²) < 4.78 is 69.6. The Balaban J connectivity index is 0.000000286. The predicted octanol–water partition coefficient (Wildman–Crippen LogP) is 3.28. The Bertz CT molecular complexity index is 954. The number of thiazole rings is 1. The Labute approximate surface area is 211 Å². The average molecular weight is 559 g/mol. The zero-order chi connectivity index (χ0) is 27.6. The van der Waals surface area contributed by atoms with Crippen LogP contribution in [-0.2, 0) is 27.5 Å². The van der Waals surface area contributed by atoms with E-state index in [-0.39, 0.29) is 0 Å². The summed E-state index contributed by atoms with van der Waals surface area (Å²) in [4.78, 5) is 31.5. The monoisotopic (exact) mass is 558 g/mol. The number of aliphatic carboxylic acids is 2. The molecule has 2 fully saturated rings. The molecule has 4 rings (SSSR count). The first-order valence-electron chi connectivity index (χ1n) is 10.7. The van der Waals surface area contributed by atoms with Gasteiger partial charge in [0.05, 0.1) is 19.3 Å². The second kappa shape index (κ2) is 13.6. The predicted molar refractivity (Wildman–Crippen MR) is 118 cm³/mol. The highest BCUT2D eigenvalue weighted by Crippen LogP contribution is 2.26. The highest BCUT2D eigenvalue weighted by molar-refractivity contribution is 7.09. The quantitative estimate of drug-likeness (QED) is 0.534. The Morgan fingerprint density at radius 3 is 2.22 bits per heavy atom. The number of rotatable bonds is 5. The molecule has 0 aromatic carbocycles. The zero-order valence-electron chi connectivity index (χ0n) is 19.2. The standard InChI is InChI=1S/C17H22N4OS.2C2HF3O2/c1-2-14(9-18-3-1)13-22-16-8-15-10-20(5-6-21(15)11-16)12-17-19-4-7-23-17;2*3-2(4,5)1(6)7/h1-4,7,9,15-16H,5-6,8,10-13H2;2*(H,6,7). The van der Waals surface area contributed by atoms with Crippen LogP contribution in [0.4, 0.5) is 26.3 Å². The third kappa shape index (κ3) is 11.0. The van der Waals surface area contributed by atoms with Crippen LogP contribution in [-0.4, -0.2) is 92.6 Å². The first-order valence-corrected chi connectivity index (χ1v) is 11.6. The number of hydrogen-bond acceptors (Lipinski definition) is 8. The number of piperazine rings is 1. The van der Waals surface area contributed by atoms with Gasteiger partial charge in [-0.25, -0.2) is 14.6 Å². The summed E-state index contributed by atoms with van der Waals surface area (Å²) in [6.07, 6.45) is -3.10. The molecule has 2 aliphatic heterocycles. The zero-order valence-corrected chi connectivity index (χ0v) is 20.0. The third-order valence-corrected chi connectivity index (χ3v) is 5.96. The van der Waals surface area contributed by atoms with Crippen LogP contribution < -0.4 is 0 Å². The molecule has 2 atom stereocenters. The summed E-state index contributed by atoms with van der Waals surface area (Å²) in [5.41, 5.74) is 1.16. The van der Waals surface area contributed by atoms with Crippen LogP contribution >= 0.6 is 11.3 Å². The number of halogens is 6. The minimum Gasteiger partial charge on any atom is -0.475 e. The Morgan fingerprint density at radius 1 is 1.05 bits per heavy atom. The highest BCUT2D eigenvalue weighted by atomic mass is 32.1. The van der Waals surface area contributed by atoms with E-state index in [0.29, 0.717) is 18.8 Å². The number of carboxylic acid groups (broad SMARTS) is 2. The minimum absolute atomic E-state index is 0.347. The van der Waals surface area contributed by atoms with Crippen molar-refractivity contribution in [2.24, 2.45) is 0 Å². The normalized spacial score (nSPS) is 20.2. The van der Waals surface area contributed by atoms with Crippen molar-refractivity contribution in [1.29, 1.82) is 0 Å². The molecule has 2 N–H and O–H groups in total. The van der Waals surface area contributed by atoms with Crippen molar-refractivity contribution < 1.29 is 50.9 Å². The lowest BCUT2D eigenvalue weighted by Gasteiger charge is -2.36. The summed E-state index contributed by atoms with van der Waals surface area (Å²) in [7, 11) is 0. The van der Waals surface area contributed by atoms with Gasteiger partial charge in [-0.3, -0.25) is 14.8 Å². The van der Waals surface area contributed by atoms with E-state index < -0.39 is 24.3 Å². The van der Waals surface area contributed by atoms with Gasteiger partial charge in [-0.15, -0.1) is 11.3 Å². The maximum Gasteiger partial charge on any atom is 0.490 e. The fraction of sp³-hybridized carbons (Fsp3) is 0.524. The lowest BCUT2D eigenvalue weighted by molar-refractivity contribution is -0.193. The van der Waals surface area contributed by atoms with E-state index in [0.717, 1.165) is 44.7 Å². The van der Waals surface area contributed by atoms with Gasteiger partial charge >= 0.3 is 24.3 Å². The van der Waals surface area contributed by atoms with Crippen molar-refractivity contribution >= 4 is 23.3 Å². The van der Waals surface area contributed by atoms with E-state index in [9.17, 15) is 26.3 Å². The van der Waals surface area contributed by atoms with Crippen molar-refractivity contribution in [3.05, 3.63) is 46.7 Å². The molecule has 0 amide bonds. The van der Waals surface area contributed by atoms with Gasteiger partial charge in [0.15, 0.2) is 0 Å². The molecule has 2 saturated heterocycles. The van der Waals surface area contributed by atoms with Crippen molar-refractivity contribution in [1.82, 2.24) is 19.8 Å². The van der Waals surface area contributed by atoms with Crippen LogP contribution in [0.3, 0.4) is 0 Å². The number of nitrogens with zero attached hydrogens (tertiary/aromatic N) is 4. The second-order valence-corrected chi connectivity index (χ2v) is 8.92. The molecule has 0 radical (unpaired) electrons. The van der Waals surface area contributed by atoms with E-state index in [1.54, 1.807) is 17.5 Å². The lowest BCUT2D eigenvalue weighted by atomic mass is 10.1. The third-order valence-electron chi connectivity index (χ3n) is 5.20. The second-order valence-electron chi connectivity index (χ2n) is 7.95.